The number of nitrogens with zero attached hydrogens (tertiary/aromatic N) is 1. The average Bonchev–Trinajstić information content (AvgIpc) is 2.36. The summed E-state index contributed by atoms with van der Waals surface area (Å²) in [5.41, 5.74) is 15.5. The first-order valence-electron chi connectivity index (χ1n) is 6.04. The number of hydrogen-bond donors (Lipinski definition) is 4. The van der Waals surface area contributed by atoms with Crippen molar-refractivity contribution >= 4 is 11.6 Å². The van der Waals surface area contributed by atoms with Crippen LogP contribution in [-0.4, -0.2) is 16.7 Å². The van der Waals surface area contributed by atoms with Crippen molar-refractivity contribution in [2.24, 2.45) is 33.5 Å². The number of aliphatic hydroxyl groups is 1. The van der Waals surface area contributed by atoms with Gasteiger partial charge in [0.15, 0.2) is 0 Å². The zero-order chi connectivity index (χ0) is 16.1. The molecule has 0 radical (unpaired) electrons. The van der Waals surface area contributed by atoms with E-state index in [0.29, 0.717) is 0 Å². The topological polar surface area (TPSA) is 128 Å². The molecule has 0 aromatic carbocycles. The number of aliphatic hydroxyl groups excluding tert-OH is 1. The Morgan fingerprint density at radius 2 is 1.85 bits per heavy atom. The molecule has 0 aliphatic carbocycles. The molecule has 0 aromatic heterocycles. The highest BCUT2D eigenvalue weighted by molar-refractivity contribution is 6.02. The van der Waals surface area contributed by atoms with Crippen LogP contribution in [0.4, 0.5) is 0 Å². The number of aliphatic imine (C=N–C) groups is 1. The Labute approximate surface area is 119 Å². The molecule has 0 saturated heterocycles. The summed E-state index contributed by atoms with van der Waals surface area (Å²) in [6.45, 7) is 10.4. The lowest BCUT2D eigenvalue weighted by Crippen LogP contribution is -2.28. The molecule has 0 rings (SSSR count). The van der Waals surface area contributed by atoms with Gasteiger partial charge in [-0.3, -0.25) is 4.79 Å². The Kier molecular flexibility index (Phi) is 5.86. The smallest absolute Gasteiger partial charge is 0.218 e. The fraction of sp³-hybridized carbons (Fsp3) is 0.429. The molecule has 0 atom stereocenters. The van der Waals surface area contributed by atoms with Crippen LogP contribution >= 0.6 is 0 Å². The predicted octanol–water partition coefficient (Wildman–Crippen LogP) is 0.756. The van der Waals surface area contributed by atoms with E-state index in [9.17, 15) is 9.90 Å². The largest absolute Gasteiger partial charge is 0.510 e. The average molecular weight is 278 g/mol. The van der Waals surface area contributed by atoms with E-state index >= 15 is 0 Å². The van der Waals surface area contributed by atoms with Gasteiger partial charge in [0.25, 0.3) is 0 Å². The first-order chi connectivity index (χ1) is 9.05. The molecule has 6 nitrogen and oxygen atoms in total. The van der Waals surface area contributed by atoms with E-state index in [4.69, 9.17) is 17.2 Å². The van der Waals surface area contributed by atoms with Crippen LogP contribution in [0.3, 0.4) is 0 Å². The third-order valence-electron chi connectivity index (χ3n) is 2.83. The fourth-order valence-corrected chi connectivity index (χ4v) is 1.14. The van der Waals surface area contributed by atoms with Crippen molar-refractivity contribution in [1.29, 1.82) is 0 Å². The van der Waals surface area contributed by atoms with Crippen molar-refractivity contribution in [3.63, 3.8) is 0 Å². The standard InChI is InChI=1S/C14H22N4O2/c1-8(2)12(20)11(16)13(17)18-9(3)14(4,5)10(19)6-7-15/h8,20H,3,15-16H2,1-2,4-5H3,(H2,17,18). The van der Waals surface area contributed by atoms with Gasteiger partial charge in [-0.1, -0.05) is 20.4 Å². The molecule has 0 fully saturated rings. The molecule has 0 amide bonds. The van der Waals surface area contributed by atoms with E-state index in [-0.39, 0.29) is 28.9 Å². The van der Waals surface area contributed by atoms with E-state index in [2.05, 4.69) is 17.5 Å². The highest BCUT2D eigenvalue weighted by Gasteiger charge is 2.30. The summed E-state index contributed by atoms with van der Waals surface area (Å²) in [6, 6.07) is 2.04. The molecule has 0 aromatic rings. The molecule has 0 unspecified atom stereocenters. The molecular weight excluding hydrogens is 256 g/mol. The first kappa shape index (κ1) is 17.6. The lowest BCUT2D eigenvalue weighted by molar-refractivity contribution is -0.119. The van der Waals surface area contributed by atoms with E-state index in [0.717, 1.165) is 0 Å². The molecule has 0 heterocycles. The third-order valence-corrected chi connectivity index (χ3v) is 2.83. The van der Waals surface area contributed by atoms with E-state index in [1.165, 1.54) is 0 Å². The fourth-order valence-electron chi connectivity index (χ4n) is 1.14. The molecule has 0 aliphatic rings. The number of allylic oxidation sites excluding steroid dienone is 2. The van der Waals surface area contributed by atoms with Crippen molar-refractivity contribution in [1.82, 2.24) is 0 Å². The summed E-state index contributed by atoms with van der Waals surface area (Å²) in [5, 5.41) is 9.73. The lowest BCUT2D eigenvalue weighted by atomic mass is 9.85. The molecule has 20 heavy (non-hydrogen) atoms. The summed E-state index contributed by atoms with van der Waals surface area (Å²) in [6.07, 6.45) is 0. The SMILES string of the molecule is C=C(N=C(N)C(N)=C(O)C(C)C)C(C)(C)C(=O)C#CN. The highest BCUT2D eigenvalue weighted by Crippen LogP contribution is 2.27. The zero-order valence-electron chi connectivity index (χ0n) is 12.3. The maximum atomic E-state index is 11.8. The number of Topliss-reactive ketones (excluding diaryl/α,β-unsaturated/α-hetero) is 1. The van der Waals surface area contributed by atoms with Crippen LogP contribution in [0.2, 0.25) is 0 Å². The number of rotatable bonds is 5. The summed E-state index contributed by atoms with van der Waals surface area (Å²) < 4.78 is 0. The van der Waals surface area contributed by atoms with Crippen LogP contribution in [0.25, 0.3) is 0 Å². The van der Waals surface area contributed by atoms with Crippen molar-refractivity contribution < 1.29 is 9.90 Å². The van der Waals surface area contributed by atoms with Gasteiger partial charge in [0, 0.05) is 17.7 Å². The van der Waals surface area contributed by atoms with Crippen LogP contribution in [-0.2, 0) is 4.79 Å². The van der Waals surface area contributed by atoms with Crippen LogP contribution in [0.15, 0.2) is 28.7 Å². The Bertz CT molecular complexity index is 531. The molecule has 0 bridgehead atoms. The summed E-state index contributed by atoms with van der Waals surface area (Å²) in [7, 11) is 0. The molecule has 0 saturated carbocycles. The van der Waals surface area contributed by atoms with E-state index in [1.807, 2.05) is 6.04 Å². The monoisotopic (exact) mass is 278 g/mol. The van der Waals surface area contributed by atoms with E-state index < -0.39 is 11.2 Å². The van der Waals surface area contributed by atoms with Gasteiger partial charge in [-0.05, 0) is 19.8 Å². The molecule has 6 heteroatoms. The Hall–Kier alpha value is -2.42. The second-order valence-electron chi connectivity index (χ2n) is 5.12. The van der Waals surface area contributed by atoms with Crippen molar-refractivity contribution in [2.45, 2.75) is 27.7 Å². The Balaban J connectivity index is 5.44. The van der Waals surface area contributed by atoms with Crippen LogP contribution < -0.4 is 17.2 Å². The van der Waals surface area contributed by atoms with Gasteiger partial charge >= 0.3 is 0 Å². The highest BCUT2D eigenvalue weighted by atomic mass is 16.3. The van der Waals surface area contributed by atoms with Crippen molar-refractivity contribution in [3.8, 4) is 12.0 Å². The van der Waals surface area contributed by atoms with Gasteiger partial charge in [0.05, 0.1) is 5.41 Å². The number of carbonyl (C=O) groups excluding carboxylic acids is 1. The first-order valence-corrected chi connectivity index (χ1v) is 6.04. The quantitative estimate of drug-likeness (QED) is 0.194. The number of carbonyl (C=O) groups is 1. The van der Waals surface area contributed by atoms with E-state index in [1.54, 1.807) is 27.7 Å². The van der Waals surface area contributed by atoms with Gasteiger partial charge in [-0.15, -0.1) is 0 Å². The van der Waals surface area contributed by atoms with Crippen LogP contribution in [0.1, 0.15) is 27.7 Å². The minimum atomic E-state index is -1.05. The van der Waals surface area contributed by atoms with Gasteiger partial charge in [0.1, 0.15) is 17.3 Å². The minimum Gasteiger partial charge on any atom is -0.510 e. The van der Waals surface area contributed by atoms with Crippen molar-refractivity contribution in [3.05, 3.63) is 23.7 Å². The molecule has 0 aliphatic heterocycles. The van der Waals surface area contributed by atoms with Gasteiger partial charge in [0.2, 0.25) is 5.78 Å². The third kappa shape index (κ3) is 4.05. The van der Waals surface area contributed by atoms with Gasteiger partial charge in [-0.25, -0.2) is 4.99 Å². The van der Waals surface area contributed by atoms with Crippen molar-refractivity contribution in [2.75, 3.05) is 0 Å². The summed E-state index contributed by atoms with van der Waals surface area (Å²) >= 11 is 0. The number of nitrogens with two attached hydrogens (primary N) is 3. The molecular formula is C14H22N4O2. The second kappa shape index (κ2) is 6.66. The second-order valence-corrected chi connectivity index (χ2v) is 5.12. The number of ketones is 1. The van der Waals surface area contributed by atoms with Gasteiger partial charge in [-0.2, -0.15) is 0 Å². The molecule has 7 N–H and O–H groups in total. The lowest BCUT2D eigenvalue weighted by Gasteiger charge is -2.20. The molecule has 0 spiro atoms. The summed E-state index contributed by atoms with van der Waals surface area (Å²) in [4.78, 5) is 15.8. The Morgan fingerprint density at radius 3 is 2.25 bits per heavy atom. The van der Waals surface area contributed by atoms with Gasteiger partial charge < -0.3 is 22.3 Å². The van der Waals surface area contributed by atoms with Crippen LogP contribution in [0.5, 0.6) is 0 Å². The minimum absolute atomic E-state index is 0.0330. The maximum absolute atomic E-state index is 11.8. The number of hydrogen-bond acceptors (Lipinski definition) is 5. The Morgan fingerprint density at radius 1 is 1.35 bits per heavy atom. The predicted molar refractivity (Wildman–Crippen MR) is 80.2 cm³/mol. The zero-order valence-corrected chi connectivity index (χ0v) is 12.3. The normalized spacial score (nSPS) is 13.3. The summed E-state index contributed by atoms with van der Waals surface area (Å²) in [5.74, 6) is 1.46. The van der Waals surface area contributed by atoms with Crippen LogP contribution in [0, 0.1) is 23.3 Å². The maximum Gasteiger partial charge on any atom is 0.218 e. The number of amidine groups is 1. The molecule has 110 valence electrons.